The zero-order chi connectivity index (χ0) is 22.3. The van der Waals surface area contributed by atoms with Crippen LogP contribution in [0.15, 0.2) is 41.3 Å². The number of fused-ring (bicyclic) bond motifs is 1. The summed E-state index contributed by atoms with van der Waals surface area (Å²) in [5, 5.41) is 2.78. The second-order valence-electron chi connectivity index (χ2n) is 8.82. The number of aryl methyl sites for hydroxylation is 2. The third kappa shape index (κ3) is 4.66. The van der Waals surface area contributed by atoms with E-state index >= 15 is 0 Å². The van der Waals surface area contributed by atoms with Crippen LogP contribution in [0.3, 0.4) is 0 Å². The fraction of sp³-hybridized carbons (Fsp3) is 0.417. The van der Waals surface area contributed by atoms with E-state index in [2.05, 4.69) is 5.32 Å². The van der Waals surface area contributed by atoms with Gasteiger partial charge in [-0.15, -0.1) is 0 Å². The van der Waals surface area contributed by atoms with Crippen LogP contribution < -0.4 is 10.2 Å². The van der Waals surface area contributed by atoms with Gasteiger partial charge in [0.25, 0.3) is 0 Å². The highest BCUT2D eigenvalue weighted by Crippen LogP contribution is 2.39. The predicted molar refractivity (Wildman–Crippen MR) is 121 cm³/mol. The molecule has 0 saturated heterocycles. The van der Waals surface area contributed by atoms with Gasteiger partial charge in [0.15, 0.2) is 9.84 Å². The summed E-state index contributed by atoms with van der Waals surface area (Å²) in [7, 11) is -3.61. The number of rotatable bonds is 6. The molecule has 1 saturated carbocycles. The third-order valence-corrected chi connectivity index (χ3v) is 7.61. The van der Waals surface area contributed by atoms with E-state index in [1.807, 2.05) is 43.9 Å². The Kier molecular flexibility index (Phi) is 5.64. The van der Waals surface area contributed by atoms with Crippen LogP contribution in [0.4, 0.5) is 11.4 Å². The monoisotopic (exact) mass is 440 g/mol. The molecule has 6 nitrogen and oxygen atoms in total. The summed E-state index contributed by atoms with van der Waals surface area (Å²) in [5.41, 5.74) is 4.43. The molecule has 31 heavy (non-hydrogen) atoms. The molecule has 1 heterocycles. The Hall–Kier alpha value is -2.67. The zero-order valence-corrected chi connectivity index (χ0v) is 19.0. The van der Waals surface area contributed by atoms with E-state index < -0.39 is 9.84 Å². The minimum absolute atomic E-state index is 0.0321. The van der Waals surface area contributed by atoms with Crippen molar-refractivity contribution in [1.82, 2.24) is 0 Å². The van der Waals surface area contributed by atoms with Crippen LogP contribution >= 0.6 is 0 Å². The lowest BCUT2D eigenvalue weighted by molar-refractivity contribution is -0.120. The average Bonchev–Trinajstić information content (AvgIpc) is 3.47. The number of carbonyl (C=O) groups is 2. The number of sulfone groups is 1. The molecule has 164 valence electrons. The normalized spacial score (nSPS) is 18.0. The van der Waals surface area contributed by atoms with Crippen molar-refractivity contribution in [2.75, 3.05) is 16.0 Å². The number of nitrogens with zero attached hydrogens (tertiary/aromatic N) is 1. The van der Waals surface area contributed by atoms with Crippen LogP contribution in [0.25, 0.3) is 0 Å². The first-order valence-electron chi connectivity index (χ1n) is 10.7. The maximum absolute atomic E-state index is 12.9. The lowest BCUT2D eigenvalue weighted by atomic mass is 10.1. The summed E-state index contributed by atoms with van der Waals surface area (Å²) in [4.78, 5) is 26.9. The lowest BCUT2D eigenvalue weighted by Gasteiger charge is -2.22. The number of nitrogens with one attached hydrogen (secondary N) is 1. The van der Waals surface area contributed by atoms with Gasteiger partial charge in [-0.25, -0.2) is 8.42 Å². The molecule has 1 aliphatic heterocycles. The number of hydrogen-bond donors (Lipinski definition) is 1. The van der Waals surface area contributed by atoms with Gasteiger partial charge in [-0.05, 0) is 87.1 Å². The van der Waals surface area contributed by atoms with E-state index in [4.69, 9.17) is 0 Å². The van der Waals surface area contributed by atoms with Crippen molar-refractivity contribution in [1.29, 1.82) is 0 Å². The van der Waals surface area contributed by atoms with Crippen LogP contribution in [0.2, 0.25) is 0 Å². The molecule has 1 unspecified atom stereocenters. The quantitative estimate of drug-likeness (QED) is 0.741. The number of carbonyl (C=O) groups excluding carboxylic acids is 2. The van der Waals surface area contributed by atoms with Crippen LogP contribution in [0, 0.1) is 19.8 Å². The van der Waals surface area contributed by atoms with Gasteiger partial charge < -0.3 is 10.2 Å². The molecule has 7 heteroatoms. The Morgan fingerprint density at radius 3 is 2.39 bits per heavy atom. The van der Waals surface area contributed by atoms with Crippen molar-refractivity contribution >= 4 is 33.0 Å². The fourth-order valence-electron chi connectivity index (χ4n) is 4.28. The summed E-state index contributed by atoms with van der Waals surface area (Å²) < 4.78 is 25.7. The first-order chi connectivity index (χ1) is 14.6. The highest BCUT2D eigenvalue weighted by atomic mass is 32.2. The molecule has 0 radical (unpaired) electrons. The van der Waals surface area contributed by atoms with Crippen molar-refractivity contribution in [3.63, 3.8) is 0 Å². The van der Waals surface area contributed by atoms with E-state index in [-0.39, 0.29) is 40.8 Å². The van der Waals surface area contributed by atoms with E-state index in [1.54, 1.807) is 18.2 Å². The van der Waals surface area contributed by atoms with Crippen molar-refractivity contribution in [2.24, 2.45) is 5.92 Å². The molecule has 1 atom stereocenters. The average molecular weight is 441 g/mol. The number of amides is 2. The second-order valence-corrected chi connectivity index (χ2v) is 10.9. The highest BCUT2D eigenvalue weighted by Gasteiger charge is 2.39. The summed E-state index contributed by atoms with van der Waals surface area (Å²) >= 11 is 0. The molecule has 2 aromatic rings. The second kappa shape index (κ2) is 8.11. The SMILES string of the molecule is Cc1cc(C)cc(NC(=O)CCS(=O)(=O)c2ccc3c(c2)CC(C)N3C(=O)C2CC2)c1. The molecule has 2 aliphatic rings. The molecule has 2 amide bonds. The molecular formula is C24H28N2O4S. The fourth-order valence-corrected chi connectivity index (χ4v) is 5.57. The van der Waals surface area contributed by atoms with Crippen LogP contribution in [0.1, 0.15) is 42.9 Å². The molecule has 0 spiro atoms. The summed E-state index contributed by atoms with van der Waals surface area (Å²) in [6, 6.07) is 10.7. The Morgan fingerprint density at radius 1 is 1.06 bits per heavy atom. The smallest absolute Gasteiger partial charge is 0.230 e. The van der Waals surface area contributed by atoms with Crippen molar-refractivity contribution in [3.05, 3.63) is 53.1 Å². The van der Waals surface area contributed by atoms with Gasteiger partial charge in [0.05, 0.1) is 10.6 Å². The Labute approximate surface area is 183 Å². The molecular weight excluding hydrogens is 412 g/mol. The molecule has 2 aromatic carbocycles. The molecule has 1 fully saturated rings. The van der Waals surface area contributed by atoms with Gasteiger partial charge in [-0.2, -0.15) is 0 Å². The van der Waals surface area contributed by atoms with Gasteiger partial charge in [0.2, 0.25) is 11.8 Å². The molecule has 4 rings (SSSR count). The maximum atomic E-state index is 12.9. The summed E-state index contributed by atoms with van der Waals surface area (Å²) in [6.45, 7) is 5.88. The van der Waals surface area contributed by atoms with E-state index in [0.717, 1.165) is 35.2 Å². The van der Waals surface area contributed by atoms with Gasteiger partial charge in [-0.1, -0.05) is 6.07 Å². The molecule has 1 aliphatic carbocycles. The molecule has 1 N–H and O–H groups in total. The van der Waals surface area contributed by atoms with Gasteiger partial charge in [0.1, 0.15) is 0 Å². The van der Waals surface area contributed by atoms with Crippen LogP contribution in [-0.4, -0.2) is 32.0 Å². The third-order valence-electron chi connectivity index (χ3n) is 5.89. The van der Waals surface area contributed by atoms with Crippen LogP contribution in [0.5, 0.6) is 0 Å². The lowest BCUT2D eigenvalue weighted by Crippen LogP contribution is -2.36. The van der Waals surface area contributed by atoms with Crippen molar-refractivity contribution in [2.45, 2.75) is 57.4 Å². The van der Waals surface area contributed by atoms with Gasteiger partial charge >= 0.3 is 0 Å². The van der Waals surface area contributed by atoms with Crippen molar-refractivity contribution in [3.8, 4) is 0 Å². The Balaban J connectivity index is 1.44. The summed E-state index contributed by atoms with van der Waals surface area (Å²) in [6.07, 6.45) is 2.40. The number of anilines is 2. The topological polar surface area (TPSA) is 83.6 Å². The van der Waals surface area contributed by atoms with Crippen molar-refractivity contribution < 1.29 is 18.0 Å². The van der Waals surface area contributed by atoms with Crippen LogP contribution in [-0.2, 0) is 25.8 Å². The number of hydrogen-bond acceptors (Lipinski definition) is 4. The molecule has 0 bridgehead atoms. The number of benzene rings is 2. The minimum atomic E-state index is -3.61. The highest BCUT2D eigenvalue weighted by molar-refractivity contribution is 7.91. The standard InChI is InChI=1S/C24H28N2O4S/c1-15-10-16(2)12-20(11-15)25-23(27)8-9-31(29,30)21-6-7-22-19(14-21)13-17(3)26(22)24(28)18-4-5-18/h6-7,10-12,14,17-18H,4-5,8-9,13H2,1-3H3,(H,25,27). The molecule has 0 aromatic heterocycles. The maximum Gasteiger partial charge on any atom is 0.230 e. The van der Waals surface area contributed by atoms with Gasteiger partial charge in [0, 0.05) is 29.8 Å². The van der Waals surface area contributed by atoms with E-state index in [0.29, 0.717) is 12.1 Å². The first-order valence-corrected chi connectivity index (χ1v) is 12.4. The first kappa shape index (κ1) is 21.6. The zero-order valence-electron chi connectivity index (χ0n) is 18.1. The predicted octanol–water partition coefficient (Wildman–Crippen LogP) is 3.79. The van der Waals surface area contributed by atoms with E-state index in [9.17, 15) is 18.0 Å². The summed E-state index contributed by atoms with van der Waals surface area (Å²) in [5.74, 6) is -0.329. The Morgan fingerprint density at radius 2 is 1.74 bits per heavy atom. The van der Waals surface area contributed by atoms with Gasteiger partial charge in [-0.3, -0.25) is 9.59 Å². The Bertz CT molecular complexity index is 1130. The largest absolute Gasteiger partial charge is 0.326 e. The minimum Gasteiger partial charge on any atom is -0.326 e. The van der Waals surface area contributed by atoms with E-state index in [1.165, 1.54) is 0 Å².